The first kappa shape index (κ1) is 12.9. The average Bonchev–Trinajstić information content (AvgIpc) is 2.59. The highest BCUT2D eigenvalue weighted by atomic mass is 32.2. The van der Waals surface area contributed by atoms with Gasteiger partial charge in [0.1, 0.15) is 11.1 Å². The van der Waals surface area contributed by atoms with E-state index in [0.29, 0.717) is 5.16 Å². The number of aromatic nitrogens is 3. The van der Waals surface area contributed by atoms with Crippen molar-refractivity contribution in [2.24, 2.45) is 12.9 Å². The molecule has 0 bridgehead atoms. The average molecular weight is 245 g/mol. The van der Waals surface area contributed by atoms with Crippen LogP contribution in [0.1, 0.15) is 5.82 Å². The first-order valence-corrected chi connectivity index (χ1v) is 5.50. The highest BCUT2D eigenvalue weighted by molar-refractivity contribution is 8.00. The highest BCUT2D eigenvalue weighted by Crippen LogP contribution is 2.21. The van der Waals surface area contributed by atoms with Crippen LogP contribution in [0, 0.1) is 6.92 Å². The second-order valence-electron chi connectivity index (χ2n) is 3.16. The van der Waals surface area contributed by atoms with Gasteiger partial charge in [0.25, 0.3) is 0 Å². The molecule has 0 spiro atoms. The van der Waals surface area contributed by atoms with Crippen molar-refractivity contribution >= 4 is 17.7 Å². The van der Waals surface area contributed by atoms with Crippen molar-refractivity contribution in [1.29, 1.82) is 0 Å². The van der Waals surface area contributed by atoms with Gasteiger partial charge in [0, 0.05) is 14.2 Å². The zero-order valence-corrected chi connectivity index (χ0v) is 10.2. The summed E-state index contributed by atoms with van der Waals surface area (Å²) in [5.41, 5.74) is 2.10. The van der Waals surface area contributed by atoms with Gasteiger partial charge in [-0.1, -0.05) is 11.8 Å². The molecule has 1 rings (SSSR count). The lowest BCUT2D eigenvalue weighted by molar-refractivity contribution is -0.121. The van der Waals surface area contributed by atoms with E-state index in [-0.39, 0.29) is 12.5 Å². The minimum atomic E-state index is -0.433. The van der Waals surface area contributed by atoms with E-state index in [1.165, 1.54) is 18.9 Å². The molecule has 1 amide bonds. The molecule has 3 N–H and O–H groups in total. The summed E-state index contributed by atoms with van der Waals surface area (Å²) in [7, 11) is 3.36. The van der Waals surface area contributed by atoms with Gasteiger partial charge in [-0.2, -0.15) is 0 Å². The van der Waals surface area contributed by atoms with Gasteiger partial charge in [0.15, 0.2) is 5.16 Å². The van der Waals surface area contributed by atoms with Gasteiger partial charge in [-0.3, -0.25) is 10.2 Å². The molecule has 1 heterocycles. The molecule has 0 saturated carbocycles. The summed E-state index contributed by atoms with van der Waals surface area (Å²) < 4.78 is 6.75. The molecule has 7 nitrogen and oxygen atoms in total. The third kappa shape index (κ3) is 2.94. The third-order valence-electron chi connectivity index (χ3n) is 2.05. The number of amides is 1. The van der Waals surface area contributed by atoms with Crippen LogP contribution in [0.5, 0.6) is 0 Å². The van der Waals surface area contributed by atoms with Crippen molar-refractivity contribution < 1.29 is 9.53 Å². The monoisotopic (exact) mass is 245 g/mol. The number of aryl methyl sites for hydroxylation is 1. The van der Waals surface area contributed by atoms with Crippen LogP contribution in [0.4, 0.5) is 0 Å². The highest BCUT2D eigenvalue weighted by Gasteiger charge is 2.21. The van der Waals surface area contributed by atoms with Crippen molar-refractivity contribution in [3.8, 4) is 0 Å². The number of nitrogens with two attached hydrogens (primary N) is 1. The van der Waals surface area contributed by atoms with Gasteiger partial charge >= 0.3 is 0 Å². The molecule has 0 aliphatic rings. The predicted molar refractivity (Wildman–Crippen MR) is 59.6 cm³/mol. The molecule has 1 aromatic heterocycles. The molecule has 0 aromatic carbocycles. The largest absolute Gasteiger partial charge is 0.383 e. The Balaban J connectivity index is 2.75. The van der Waals surface area contributed by atoms with Crippen LogP contribution in [0.25, 0.3) is 0 Å². The van der Waals surface area contributed by atoms with Crippen molar-refractivity contribution in [2.45, 2.75) is 17.3 Å². The van der Waals surface area contributed by atoms with Gasteiger partial charge in [-0.15, -0.1) is 10.2 Å². The minimum absolute atomic E-state index is 0.263. The molecule has 1 atom stereocenters. The number of carbonyl (C=O) groups is 1. The van der Waals surface area contributed by atoms with Gasteiger partial charge < -0.3 is 9.30 Å². The number of hydrazine groups is 1. The van der Waals surface area contributed by atoms with E-state index >= 15 is 0 Å². The molecule has 16 heavy (non-hydrogen) atoms. The Kier molecular flexibility index (Phi) is 4.71. The lowest BCUT2D eigenvalue weighted by atomic mass is 10.4. The second-order valence-corrected chi connectivity index (χ2v) is 4.33. The fourth-order valence-electron chi connectivity index (χ4n) is 1.03. The molecule has 8 heteroatoms. The van der Waals surface area contributed by atoms with Crippen LogP contribution in [0.15, 0.2) is 5.16 Å². The minimum Gasteiger partial charge on any atom is -0.383 e. The number of hydrogen-bond acceptors (Lipinski definition) is 6. The first-order chi connectivity index (χ1) is 7.60. The number of nitrogens with zero attached hydrogens (tertiary/aromatic N) is 3. The Morgan fingerprint density at radius 3 is 2.81 bits per heavy atom. The molecular weight excluding hydrogens is 230 g/mol. The molecule has 0 aliphatic heterocycles. The number of nitrogens with one attached hydrogen (secondary N) is 1. The Bertz CT molecular complexity index is 367. The van der Waals surface area contributed by atoms with Crippen molar-refractivity contribution in [1.82, 2.24) is 20.2 Å². The quantitative estimate of drug-likeness (QED) is 0.306. The maximum atomic E-state index is 11.4. The van der Waals surface area contributed by atoms with E-state index in [9.17, 15) is 4.79 Å². The number of ether oxygens (including phenoxy) is 1. The number of hydrogen-bond donors (Lipinski definition) is 2. The Labute approximate surface area is 97.7 Å². The van der Waals surface area contributed by atoms with E-state index < -0.39 is 5.25 Å². The predicted octanol–water partition coefficient (Wildman–Crippen LogP) is -0.779. The van der Waals surface area contributed by atoms with Crippen molar-refractivity contribution in [3.63, 3.8) is 0 Å². The Morgan fingerprint density at radius 1 is 1.69 bits per heavy atom. The molecule has 1 aromatic rings. The van der Waals surface area contributed by atoms with Crippen molar-refractivity contribution in [2.75, 3.05) is 13.7 Å². The van der Waals surface area contributed by atoms with Gasteiger partial charge in [0.2, 0.25) is 5.91 Å². The van der Waals surface area contributed by atoms with Crippen LogP contribution in [-0.4, -0.2) is 39.6 Å². The molecule has 0 aliphatic carbocycles. The topological polar surface area (TPSA) is 95.1 Å². The fourth-order valence-corrected chi connectivity index (χ4v) is 2.04. The standard InChI is InChI=1S/C8H15N5O2S/c1-5-11-12-8(13(5)2)16-6(4-15-3)7(14)10-9/h6H,4,9H2,1-3H3,(H,10,14). The smallest absolute Gasteiger partial charge is 0.249 e. The van der Waals surface area contributed by atoms with Crippen LogP contribution < -0.4 is 11.3 Å². The zero-order valence-electron chi connectivity index (χ0n) is 9.43. The maximum absolute atomic E-state index is 11.4. The summed E-state index contributed by atoms with van der Waals surface area (Å²) in [6.45, 7) is 2.10. The van der Waals surface area contributed by atoms with Gasteiger partial charge in [-0.05, 0) is 6.92 Å². The summed E-state index contributed by atoms with van der Waals surface area (Å²) >= 11 is 1.27. The normalized spacial score (nSPS) is 12.5. The number of methoxy groups -OCH3 is 1. The maximum Gasteiger partial charge on any atom is 0.249 e. The SMILES string of the molecule is COCC(Sc1nnc(C)n1C)C(=O)NN. The Hall–Kier alpha value is -1.12. The molecule has 1 unspecified atom stereocenters. The zero-order chi connectivity index (χ0) is 12.1. The molecule has 0 fully saturated rings. The first-order valence-electron chi connectivity index (χ1n) is 4.62. The lowest BCUT2D eigenvalue weighted by Gasteiger charge is -2.12. The summed E-state index contributed by atoms with van der Waals surface area (Å²) in [5.74, 6) is 5.57. The Morgan fingerprint density at radius 2 is 2.38 bits per heavy atom. The fraction of sp³-hybridized carbons (Fsp3) is 0.625. The number of carbonyl (C=O) groups excluding carboxylic acids is 1. The van der Waals surface area contributed by atoms with Crippen LogP contribution in [0.2, 0.25) is 0 Å². The van der Waals surface area contributed by atoms with Crippen molar-refractivity contribution in [3.05, 3.63) is 5.82 Å². The van der Waals surface area contributed by atoms with Gasteiger partial charge in [0.05, 0.1) is 6.61 Å². The van der Waals surface area contributed by atoms with E-state index in [0.717, 1.165) is 5.82 Å². The molecule has 0 saturated heterocycles. The second kappa shape index (κ2) is 5.83. The van der Waals surface area contributed by atoms with Crippen LogP contribution in [-0.2, 0) is 16.6 Å². The van der Waals surface area contributed by atoms with E-state index in [1.54, 1.807) is 4.57 Å². The molecule has 90 valence electrons. The number of rotatable bonds is 5. The van der Waals surface area contributed by atoms with E-state index in [1.807, 2.05) is 14.0 Å². The summed E-state index contributed by atoms with van der Waals surface area (Å²) in [6.07, 6.45) is 0. The lowest BCUT2D eigenvalue weighted by Crippen LogP contribution is -2.39. The summed E-state index contributed by atoms with van der Waals surface area (Å²) in [6, 6.07) is 0. The van der Waals surface area contributed by atoms with Crippen LogP contribution in [0.3, 0.4) is 0 Å². The van der Waals surface area contributed by atoms with E-state index in [2.05, 4.69) is 15.6 Å². The van der Waals surface area contributed by atoms with E-state index in [4.69, 9.17) is 10.6 Å². The summed E-state index contributed by atoms with van der Waals surface area (Å²) in [5, 5.41) is 8.08. The van der Waals surface area contributed by atoms with Gasteiger partial charge in [-0.25, -0.2) is 5.84 Å². The van der Waals surface area contributed by atoms with Crippen LogP contribution >= 0.6 is 11.8 Å². The third-order valence-corrected chi connectivity index (χ3v) is 3.25. The summed E-state index contributed by atoms with van der Waals surface area (Å²) in [4.78, 5) is 11.4. The molecule has 0 radical (unpaired) electrons. The molecular formula is C8H15N5O2S. The number of thioether (sulfide) groups is 1.